The van der Waals surface area contributed by atoms with Crippen LogP contribution >= 0.6 is 0 Å². The Kier molecular flexibility index (Phi) is 7.10. The molecule has 3 N–H and O–H groups in total. The molecular formula is C26H29FN8O3S. The van der Waals surface area contributed by atoms with Gasteiger partial charge in [0.05, 0.1) is 41.6 Å². The fourth-order valence-corrected chi connectivity index (χ4v) is 5.16. The molecule has 1 saturated heterocycles. The van der Waals surface area contributed by atoms with Crippen molar-refractivity contribution in [3.63, 3.8) is 0 Å². The van der Waals surface area contributed by atoms with Crippen LogP contribution < -0.4 is 20.3 Å². The van der Waals surface area contributed by atoms with E-state index < -0.39 is 10.0 Å². The number of para-hydroxylation sites is 1. The molecule has 39 heavy (non-hydrogen) atoms. The van der Waals surface area contributed by atoms with Gasteiger partial charge in [0.15, 0.2) is 0 Å². The van der Waals surface area contributed by atoms with Crippen molar-refractivity contribution >= 4 is 44.5 Å². The van der Waals surface area contributed by atoms with E-state index in [2.05, 4.69) is 15.4 Å². The standard InChI is InChI=1S/C26H29FN8O3S/c1-32(39(2,37)38)22-6-4-3-5-20(22)23-10-8-19-16-29-26(31-35(19)23)30-18-7-9-24(21(27)15-18)34-13-11-33(12-14-34)17-25(28)36/h3-10,15-16H,11-14,17H2,1-2H3,(H2,28,36)(H,30,31). The Balaban J connectivity index is 1.38. The molecule has 0 aliphatic carbocycles. The van der Waals surface area contributed by atoms with Crippen molar-refractivity contribution in [3.8, 4) is 11.3 Å². The second-order valence-electron chi connectivity index (χ2n) is 9.41. The van der Waals surface area contributed by atoms with Crippen LogP contribution in [-0.2, 0) is 14.8 Å². The summed E-state index contributed by atoms with van der Waals surface area (Å²) in [5.41, 5.74) is 8.82. The number of nitrogens with two attached hydrogens (primary N) is 1. The number of primary amides is 1. The Bertz CT molecular complexity index is 1630. The molecule has 4 aromatic rings. The number of halogens is 1. The highest BCUT2D eigenvalue weighted by molar-refractivity contribution is 7.92. The number of hydrogen-bond donors (Lipinski definition) is 2. The zero-order valence-electron chi connectivity index (χ0n) is 21.6. The van der Waals surface area contributed by atoms with Gasteiger partial charge in [-0.15, -0.1) is 5.10 Å². The third-order valence-corrected chi connectivity index (χ3v) is 7.90. The maximum absolute atomic E-state index is 15.1. The van der Waals surface area contributed by atoms with Crippen molar-refractivity contribution < 1.29 is 17.6 Å². The Morgan fingerprint density at radius 1 is 1.10 bits per heavy atom. The maximum atomic E-state index is 15.1. The maximum Gasteiger partial charge on any atom is 0.245 e. The fraction of sp³-hybridized carbons (Fsp3) is 0.269. The van der Waals surface area contributed by atoms with Crippen LogP contribution in [0.2, 0.25) is 0 Å². The molecule has 11 nitrogen and oxygen atoms in total. The zero-order chi connectivity index (χ0) is 27.7. The van der Waals surface area contributed by atoms with Gasteiger partial charge >= 0.3 is 0 Å². The number of rotatable bonds is 8. The van der Waals surface area contributed by atoms with Crippen molar-refractivity contribution in [2.45, 2.75) is 0 Å². The topological polar surface area (TPSA) is 129 Å². The number of hydrogen-bond acceptors (Lipinski definition) is 8. The summed E-state index contributed by atoms with van der Waals surface area (Å²) in [5.74, 6) is -0.507. The number of fused-ring (bicyclic) bond motifs is 1. The number of benzene rings is 2. The van der Waals surface area contributed by atoms with Crippen LogP contribution in [0.4, 0.5) is 27.4 Å². The number of amides is 1. The lowest BCUT2D eigenvalue weighted by Crippen LogP contribution is -2.49. The first kappa shape index (κ1) is 26.4. The molecule has 13 heteroatoms. The van der Waals surface area contributed by atoms with Crippen molar-refractivity contribution in [3.05, 3.63) is 66.6 Å². The SMILES string of the molecule is CN(c1ccccc1-c1ccc2cnc(Nc3ccc(N4CCN(CC(N)=O)CC4)c(F)c3)nn12)S(C)(=O)=O. The molecule has 0 atom stereocenters. The highest BCUT2D eigenvalue weighted by Crippen LogP contribution is 2.32. The molecule has 1 amide bonds. The normalized spacial score (nSPS) is 14.5. The molecule has 204 valence electrons. The molecule has 1 aliphatic rings. The van der Waals surface area contributed by atoms with Crippen LogP contribution in [0.1, 0.15) is 0 Å². The Labute approximate surface area is 225 Å². The summed E-state index contributed by atoms with van der Waals surface area (Å²) < 4.78 is 42.4. The van der Waals surface area contributed by atoms with Gasteiger partial charge in [-0.25, -0.2) is 22.3 Å². The Hall–Kier alpha value is -4.23. The fourth-order valence-electron chi connectivity index (χ4n) is 4.64. The average molecular weight is 553 g/mol. The minimum atomic E-state index is -3.48. The predicted molar refractivity (Wildman–Crippen MR) is 149 cm³/mol. The summed E-state index contributed by atoms with van der Waals surface area (Å²) in [7, 11) is -1.97. The van der Waals surface area contributed by atoms with Gasteiger partial charge in [0.25, 0.3) is 0 Å². The van der Waals surface area contributed by atoms with Crippen molar-refractivity contribution in [1.82, 2.24) is 19.5 Å². The predicted octanol–water partition coefficient (Wildman–Crippen LogP) is 2.28. The van der Waals surface area contributed by atoms with Crippen LogP contribution in [0.15, 0.2) is 60.8 Å². The van der Waals surface area contributed by atoms with Crippen LogP contribution in [0.25, 0.3) is 16.8 Å². The third kappa shape index (κ3) is 5.64. The molecule has 2 aromatic heterocycles. The Morgan fingerprint density at radius 2 is 1.85 bits per heavy atom. The number of carbonyl (C=O) groups excluding carboxylic acids is 1. The first-order valence-electron chi connectivity index (χ1n) is 12.3. The lowest BCUT2D eigenvalue weighted by molar-refractivity contribution is -0.119. The summed E-state index contributed by atoms with van der Waals surface area (Å²) in [6.45, 7) is 2.62. The van der Waals surface area contributed by atoms with Gasteiger partial charge in [0.1, 0.15) is 5.82 Å². The van der Waals surface area contributed by atoms with Gasteiger partial charge in [-0.3, -0.25) is 14.0 Å². The van der Waals surface area contributed by atoms with Crippen LogP contribution in [-0.4, -0.2) is 79.9 Å². The van der Waals surface area contributed by atoms with Crippen molar-refractivity contribution in [1.29, 1.82) is 0 Å². The number of nitrogens with one attached hydrogen (secondary N) is 1. The van der Waals surface area contributed by atoms with Crippen LogP contribution in [0.3, 0.4) is 0 Å². The summed E-state index contributed by atoms with van der Waals surface area (Å²) >= 11 is 0. The number of anilines is 4. The van der Waals surface area contributed by atoms with Gasteiger partial charge in [0.2, 0.25) is 21.9 Å². The first-order valence-corrected chi connectivity index (χ1v) is 14.2. The van der Waals surface area contributed by atoms with E-state index in [4.69, 9.17) is 5.73 Å². The van der Waals surface area contributed by atoms with E-state index in [1.165, 1.54) is 17.4 Å². The van der Waals surface area contributed by atoms with Gasteiger partial charge in [-0.2, -0.15) is 0 Å². The molecular weight excluding hydrogens is 523 g/mol. The molecule has 0 radical (unpaired) electrons. The highest BCUT2D eigenvalue weighted by atomic mass is 32.2. The quantitative estimate of drug-likeness (QED) is 0.341. The second kappa shape index (κ2) is 10.5. The third-order valence-electron chi connectivity index (χ3n) is 6.71. The summed E-state index contributed by atoms with van der Waals surface area (Å²) in [4.78, 5) is 19.4. The van der Waals surface area contributed by atoms with Crippen molar-refractivity contribution in [2.24, 2.45) is 5.73 Å². The minimum absolute atomic E-state index is 0.201. The number of carbonyl (C=O) groups is 1. The monoisotopic (exact) mass is 552 g/mol. The number of nitrogens with zero attached hydrogens (tertiary/aromatic N) is 6. The highest BCUT2D eigenvalue weighted by Gasteiger charge is 2.21. The molecule has 0 bridgehead atoms. The number of sulfonamides is 1. The van der Waals surface area contributed by atoms with Crippen LogP contribution in [0.5, 0.6) is 0 Å². The van der Waals surface area contributed by atoms with Gasteiger partial charge < -0.3 is 16.0 Å². The first-order chi connectivity index (χ1) is 18.6. The Morgan fingerprint density at radius 3 is 2.54 bits per heavy atom. The molecule has 0 unspecified atom stereocenters. The number of aromatic nitrogens is 3. The van der Waals surface area contributed by atoms with E-state index in [1.807, 2.05) is 34.1 Å². The smallest absolute Gasteiger partial charge is 0.245 e. The van der Waals surface area contributed by atoms with E-state index in [-0.39, 0.29) is 24.2 Å². The van der Waals surface area contributed by atoms with E-state index in [0.29, 0.717) is 60.0 Å². The summed E-state index contributed by atoms with van der Waals surface area (Å²) in [6, 6.07) is 15.7. The van der Waals surface area contributed by atoms with Gasteiger partial charge in [-0.05, 0) is 36.4 Å². The lowest BCUT2D eigenvalue weighted by Gasteiger charge is -2.35. The zero-order valence-corrected chi connectivity index (χ0v) is 22.4. The van der Waals surface area contributed by atoms with Gasteiger partial charge in [-0.1, -0.05) is 18.2 Å². The molecule has 5 rings (SSSR count). The second-order valence-corrected chi connectivity index (χ2v) is 11.4. The summed E-state index contributed by atoms with van der Waals surface area (Å²) in [5, 5.41) is 7.65. The van der Waals surface area contributed by atoms with Crippen molar-refractivity contribution in [2.75, 3.05) is 60.5 Å². The van der Waals surface area contributed by atoms with E-state index in [0.717, 1.165) is 6.26 Å². The molecule has 0 spiro atoms. The molecule has 1 aliphatic heterocycles. The molecule has 2 aromatic carbocycles. The van der Waals surface area contributed by atoms with E-state index in [1.54, 1.807) is 35.0 Å². The van der Waals surface area contributed by atoms with E-state index >= 15 is 4.39 Å². The van der Waals surface area contributed by atoms with Gasteiger partial charge in [0, 0.05) is 44.5 Å². The van der Waals surface area contributed by atoms with E-state index in [9.17, 15) is 13.2 Å². The lowest BCUT2D eigenvalue weighted by atomic mass is 10.1. The minimum Gasteiger partial charge on any atom is -0.369 e. The molecule has 3 heterocycles. The molecule has 0 saturated carbocycles. The average Bonchev–Trinajstić information content (AvgIpc) is 3.31. The largest absolute Gasteiger partial charge is 0.369 e. The van der Waals surface area contributed by atoms with Crippen LogP contribution in [0, 0.1) is 5.82 Å². The number of piperazine rings is 1. The summed E-state index contributed by atoms with van der Waals surface area (Å²) in [6.07, 6.45) is 2.79. The molecule has 1 fully saturated rings.